The van der Waals surface area contributed by atoms with Crippen molar-refractivity contribution in [2.45, 2.75) is 30.8 Å². The molecule has 0 aliphatic carbocycles. The van der Waals surface area contributed by atoms with Gasteiger partial charge < -0.3 is 14.8 Å². The van der Waals surface area contributed by atoms with E-state index in [4.69, 9.17) is 9.52 Å². The van der Waals surface area contributed by atoms with Gasteiger partial charge >= 0.3 is 0 Å². The van der Waals surface area contributed by atoms with Crippen LogP contribution in [0.2, 0.25) is 0 Å². The molecule has 1 heterocycles. The van der Waals surface area contributed by atoms with E-state index in [1.807, 2.05) is 0 Å². The molecule has 108 valence electrons. The molecule has 19 heavy (non-hydrogen) atoms. The smallest absolute Gasteiger partial charge is 0.286 e. The van der Waals surface area contributed by atoms with E-state index in [0.29, 0.717) is 30.5 Å². The third kappa shape index (κ3) is 6.58. The predicted molar refractivity (Wildman–Crippen MR) is 69.3 cm³/mol. The molecule has 0 saturated carbocycles. The van der Waals surface area contributed by atoms with E-state index in [0.717, 1.165) is 12.8 Å². The first-order valence-electron chi connectivity index (χ1n) is 6.01. The fourth-order valence-electron chi connectivity index (χ4n) is 1.43. The average Bonchev–Trinajstić information content (AvgIpc) is 2.84. The predicted octanol–water partition coefficient (Wildman–Crippen LogP) is 2.63. The number of furan rings is 1. The lowest BCUT2D eigenvalue weighted by Crippen LogP contribution is -2.23. The lowest BCUT2D eigenvalue weighted by Gasteiger charge is -2.02. The lowest BCUT2D eigenvalue weighted by atomic mass is 10.2. The number of alkyl halides is 2. The van der Waals surface area contributed by atoms with Gasteiger partial charge in [-0.05, 0) is 31.4 Å². The van der Waals surface area contributed by atoms with Crippen LogP contribution in [0.1, 0.15) is 35.6 Å². The summed E-state index contributed by atoms with van der Waals surface area (Å²) < 4.78 is 29.1. The fraction of sp³-hybridized carbons (Fsp3) is 0.583. The van der Waals surface area contributed by atoms with Gasteiger partial charge in [0.2, 0.25) is 0 Å². The highest BCUT2D eigenvalue weighted by Gasteiger charge is 2.12. The summed E-state index contributed by atoms with van der Waals surface area (Å²) in [6.07, 6.45) is 2.33. The number of carbonyl (C=O) groups excluding carboxylic acids is 1. The van der Waals surface area contributed by atoms with Crippen LogP contribution in [0.3, 0.4) is 0 Å². The maximum absolute atomic E-state index is 12.0. The molecule has 0 radical (unpaired) electrons. The van der Waals surface area contributed by atoms with E-state index in [9.17, 15) is 13.6 Å². The number of hydrogen-bond donors (Lipinski definition) is 2. The molecule has 1 rings (SSSR count). The zero-order valence-corrected chi connectivity index (χ0v) is 11.2. The van der Waals surface area contributed by atoms with E-state index in [-0.39, 0.29) is 24.0 Å². The van der Waals surface area contributed by atoms with E-state index in [2.05, 4.69) is 5.32 Å². The van der Waals surface area contributed by atoms with Crippen molar-refractivity contribution in [3.8, 4) is 0 Å². The molecule has 0 saturated heterocycles. The summed E-state index contributed by atoms with van der Waals surface area (Å²) in [5, 5.41) is 11.3. The maximum atomic E-state index is 12.0. The minimum atomic E-state index is -2.45. The van der Waals surface area contributed by atoms with Crippen LogP contribution in [-0.4, -0.2) is 29.9 Å². The minimum absolute atomic E-state index is 0.0431. The molecule has 0 unspecified atom stereocenters. The van der Waals surface area contributed by atoms with Crippen molar-refractivity contribution < 1.29 is 23.1 Å². The van der Waals surface area contributed by atoms with E-state index in [1.54, 1.807) is 0 Å². The molecule has 2 N–H and O–H groups in total. The molecule has 0 bridgehead atoms. The second-order valence-corrected chi connectivity index (χ2v) is 4.86. The van der Waals surface area contributed by atoms with Gasteiger partial charge in [0.1, 0.15) is 5.76 Å². The second-order valence-electron chi connectivity index (χ2n) is 3.88. The topological polar surface area (TPSA) is 62.5 Å². The largest absolute Gasteiger partial charge is 0.455 e. The van der Waals surface area contributed by atoms with E-state index >= 15 is 0 Å². The third-order valence-corrected chi connectivity index (χ3v) is 3.06. The van der Waals surface area contributed by atoms with Crippen LogP contribution < -0.4 is 5.32 Å². The Labute approximate surface area is 114 Å². The first-order chi connectivity index (χ1) is 9.13. The first-order valence-corrected chi connectivity index (χ1v) is 7.06. The van der Waals surface area contributed by atoms with Crippen molar-refractivity contribution in [1.29, 1.82) is 0 Å². The number of carbonyl (C=O) groups is 1. The molecule has 0 aliphatic heterocycles. The highest BCUT2D eigenvalue weighted by atomic mass is 32.2. The molecular formula is C12H17F2NO3S. The van der Waals surface area contributed by atoms with Crippen LogP contribution in [0.5, 0.6) is 0 Å². The number of aliphatic hydroxyl groups is 1. The van der Waals surface area contributed by atoms with Crippen molar-refractivity contribution in [3.05, 3.63) is 23.7 Å². The number of halogens is 2. The number of hydrogen-bond acceptors (Lipinski definition) is 4. The summed E-state index contributed by atoms with van der Waals surface area (Å²) in [5.74, 6) is -2.27. The first kappa shape index (κ1) is 16.0. The normalized spacial score (nSPS) is 10.9. The van der Waals surface area contributed by atoms with Crippen LogP contribution in [0.25, 0.3) is 0 Å². The van der Waals surface area contributed by atoms with Crippen molar-refractivity contribution >= 4 is 17.7 Å². The summed E-state index contributed by atoms with van der Waals surface area (Å²) in [5.41, 5.74) is 0. The molecule has 1 aromatic rings. The van der Waals surface area contributed by atoms with Gasteiger partial charge in [0.05, 0.1) is 5.75 Å². The average molecular weight is 293 g/mol. The molecule has 4 nitrogen and oxygen atoms in total. The van der Waals surface area contributed by atoms with Gasteiger partial charge in [-0.1, -0.05) is 11.8 Å². The molecule has 7 heteroatoms. The second kappa shape index (κ2) is 8.92. The van der Waals surface area contributed by atoms with E-state index in [1.165, 1.54) is 12.1 Å². The minimum Gasteiger partial charge on any atom is -0.455 e. The quantitative estimate of drug-likeness (QED) is 0.687. The van der Waals surface area contributed by atoms with Gasteiger partial charge in [0, 0.05) is 13.2 Å². The van der Waals surface area contributed by atoms with Crippen molar-refractivity contribution in [3.63, 3.8) is 0 Å². The summed E-state index contributed by atoms with van der Waals surface area (Å²) in [7, 11) is 0. The molecule has 1 aromatic heterocycles. The molecule has 0 aliphatic rings. The fourth-order valence-corrected chi connectivity index (χ4v) is 1.87. The summed E-state index contributed by atoms with van der Waals surface area (Å²) in [6, 6.07) is 3.00. The number of unbranched alkanes of at least 4 members (excludes halogenated alkanes) is 2. The van der Waals surface area contributed by atoms with Gasteiger partial charge in [0.25, 0.3) is 11.7 Å². The Balaban J connectivity index is 2.28. The Hall–Kier alpha value is -1.08. The zero-order chi connectivity index (χ0) is 14.1. The van der Waals surface area contributed by atoms with Crippen LogP contribution >= 0.6 is 11.8 Å². The van der Waals surface area contributed by atoms with Gasteiger partial charge in [0.15, 0.2) is 5.76 Å². The van der Waals surface area contributed by atoms with Crippen molar-refractivity contribution in [2.75, 3.05) is 13.2 Å². The molecule has 1 amide bonds. The Morgan fingerprint density at radius 2 is 2.16 bits per heavy atom. The molecule has 0 atom stereocenters. The molecule has 0 spiro atoms. The number of nitrogens with one attached hydrogen (secondary N) is 1. The Morgan fingerprint density at radius 1 is 1.37 bits per heavy atom. The van der Waals surface area contributed by atoms with Crippen molar-refractivity contribution in [1.82, 2.24) is 5.32 Å². The number of rotatable bonds is 9. The number of amides is 1. The number of thioether (sulfide) groups is 1. The Bertz CT molecular complexity index is 385. The monoisotopic (exact) mass is 293 g/mol. The molecule has 0 aromatic carbocycles. The molecular weight excluding hydrogens is 276 g/mol. The van der Waals surface area contributed by atoms with Gasteiger partial charge in [-0.2, -0.15) is 8.78 Å². The number of aliphatic hydroxyl groups excluding tert-OH is 1. The van der Waals surface area contributed by atoms with Crippen LogP contribution in [-0.2, 0) is 5.75 Å². The van der Waals surface area contributed by atoms with Gasteiger partial charge in [-0.3, -0.25) is 4.79 Å². The van der Waals surface area contributed by atoms with Crippen LogP contribution in [0.15, 0.2) is 16.5 Å². The Morgan fingerprint density at radius 3 is 2.84 bits per heavy atom. The van der Waals surface area contributed by atoms with Crippen molar-refractivity contribution in [2.24, 2.45) is 0 Å². The van der Waals surface area contributed by atoms with Gasteiger partial charge in [-0.25, -0.2) is 0 Å². The Kier molecular flexibility index (Phi) is 7.50. The highest BCUT2D eigenvalue weighted by molar-refractivity contribution is 7.98. The van der Waals surface area contributed by atoms with Crippen LogP contribution in [0, 0.1) is 0 Å². The standard InChI is InChI=1S/C12H17F2NO3S/c13-12(14)19-8-9-4-5-10(18-9)11(17)15-6-2-1-3-7-16/h4-5,12,16H,1-3,6-8H2,(H,15,17). The third-order valence-electron chi connectivity index (χ3n) is 2.36. The summed E-state index contributed by atoms with van der Waals surface area (Å²) >= 11 is 0.454. The summed E-state index contributed by atoms with van der Waals surface area (Å²) in [6.45, 7) is 0.651. The highest BCUT2D eigenvalue weighted by Crippen LogP contribution is 2.21. The molecule has 0 fully saturated rings. The lowest BCUT2D eigenvalue weighted by molar-refractivity contribution is 0.0924. The summed E-state index contributed by atoms with van der Waals surface area (Å²) in [4.78, 5) is 11.6. The zero-order valence-electron chi connectivity index (χ0n) is 10.4. The maximum Gasteiger partial charge on any atom is 0.286 e. The van der Waals surface area contributed by atoms with Crippen LogP contribution in [0.4, 0.5) is 8.78 Å². The van der Waals surface area contributed by atoms with E-state index < -0.39 is 5.76 Å². The SMILES string of the molecule is O=C(NCCCCCO)c1ccc(CSC(F)F)o1. The van der Waals surface area contributed by atoms with Gasteiger partial charge in [-0.15, -0.1) is 0 Å².